The van der Waals surface area contributed by atoms with Crippen molar-refractivity contribution in [1.29, 1.82) is 0 Å². The lowest BCUT2D eigenvalue weighted by Gasteiger charge is -2.12. The number of rotatable bonds is 1. The highest BCUT2D eigenvalue weighted by Gasteiger charge is 2.10. The van der Waals surface area contributed by atoms with E-state index < -0.39 is 0 Å². The number of hydrogen-bond acceptors (Lipinski definition) is 1. The fourth-order valence-corrected chi connectivity index (χ4v) is 2.28. The number of benzene rings is 1. The molecule has 1 nitrogen and oxygen atoms in total. The second kappa shape index (κ2) is 3.48. The number of hydrogen-bond donors (Lipinski definition) is 1. The monoisotopic (exact) mass is 228 g/mol. The molecule has 2 heteroatoms. The number of halogens is 1. The lowest BCUT2D eigenvalue weighted by Crippen LogP contribution is -1.93. The summed E-state index contributed by atoms with van der Waals surface area (Å²) in [6, 6.07) is 3.60. The summed E-state index contributed by atoms with van der Waals surface area (Å²) < 4.78 is 1.08. The maximum Gasteiger partial charge on any atom is 0.118 e. The van der Waals surface area contributed by atoms with Crippen LogP contribution in [0.15, 0.2) is 16.6 Å². The van der Waals surface area contributed by atoms with Crippen molar-refractivity contribution in [2.24, 2.45) is 0 Å². The molecule has 0 fully saturated rings. The van der Waals surface area contributed by atoms with Gasteiger partial charge in [0.1, 0.15) is 5.75 Å². The zero-order valence-corrected chi connectivity index (χ0v) is 9.14. The van der Waals surface area contributed by atoms with Crippen LogP contribution in [-0.2, 0) is 0 Å². The van der Waals surface area contributed by atoms with E-state index in [0.717, 1.165) is 10.0 Å². The normalized spacial score (nSPS) is 10.8. The highest BCUT2D eigenvalue weighted by molar-refractivity contribution is 9.10. The number of aromatic hydroxyl groups is 1. The molecule has 0 aliphatic rings. The van der Waals surface area contributed by atoms with Gasteiger partial charge in [-0.3, -0.25) is 0 Å². The van der Waals surface area contributed by atoms with E-state index in [1.807, 2.05) is 13.0 Å². The molecule has 0 saturated heterocycles. The fourth-order valence-electron chi connectivity index (χ4n) is 1.39. The van der Waals surface area contributed by atoms with Crippen molar-refractivity contribution in [3.8, 4) is 5.75 Å². The highest BCUT2D eigenvalue weighted by Crippen LogP contribution is 2.32. The molecule has 0 aliphatic carbocycles. The molecular formula is C10H13BrO. The van der Waals surface area contributed by atoms with Crippen molar-refractivity contribution >= 4 is 15.9 Å². The molecule has 0 spiro atoms. The van der Waals surface area contributed by atoms with Crippen LogP contribution in [0.5, 0.6) is 5.75 Å². The third-order valence-electron chi connectivity index (χ3n) is 2.01. The van der Waals surface area contributed by atoms with Gasteiger partial charge in [-0.25, -0.2) is 0 Å². The summed E-state index contributed by atoms with van der Waals surface area (Å²) in [4.78, 5) is 0. The Bertz CT molecular complexity index is 292. The van der Waals surface area contributed by atoms with Gasteiger partial charge in [-0.15, -0.1) is 0 Å². The Morgan fingerprint density at radius 1 is 1.33 bits per heavy atom. The van der Waals surface area contributed by atoms with Crippen LogP contribution in [0.4, 0.5) is 0 Å². The lowest BCUT2D eigenvalue weighted by atomic mass is 9.98. The summed E-state index contributed by atoms with van der Waals surface area (Å²) in [5.41, 5.74) is 2.16. The molecule has 66 valence electrons. The van der Waals surface area contributed by atoms with Crippen LogP contribution in [0.25, 0.3) is 0 Å². The van der Waals surface area contributed by atoms with Crippen molar-refractivity contribution in [3.05, 3.63) is 27.7 Å². The molecule has 0 unspecified atom stereocenters. The van der Waals surface area contributed by atoms with Crippen LogP contribution in [0.1, 0.15) is 30.9 Å². The number of phenolic OH excluding ortho intramolecular Hbond substituents is 1. The summed E-state index contributed by atoms with van der Waals surface area (Å²) in [5.74, 6) is 0.813. The smallest absolute Gasteiger partial charge is 0.118 e. The van der Waals surface area contributed by atoms with Crippen molar-refractivity contribution in [3.63, 3.8) is 0 Å². The SMILES string of the molecule is Cc1c(O)ccc(Br)c1C(C)C. The van der Waals surface area contributed by atoms with Gasteiger partial charge in [0, 0.05) is 4.47 Å². The van der Waals surface area contributed by atoms with E-state index in [4.69, 9.17) is 0 Å². The van der Waals surface area contributed by atoms with Gasteiger partial charge >= 0.3 is 0 Å². The molecule has 1 aromatic carbocycles. The fraction of sp³-hybridized carbons (Fsp3) is 0.400. The minimum Gasteiger partial charge on any atom is -0.508 e. The van der Waals surface area contributed by atoms with Crippen molar-refractivity contribution in [2.45, 2.75) is 26.7 Å². The van der Waals surface area contributed by atoms with Crippen molar-refractivity contribution < 1.29 is 5.11 Å². The third kappa shape index (κ3) is 1.63. The Balaban J connectivity index is 3.33. The first-order chi connectivity index (χ1) is 5.54. The predicted molar refractivity (Wildman–Crippen MR) is 54.6 cm³/mol. The standard InChI is InChI=1S/C10H13BrO/c1-6(2)10-7(3)9(12)5-4-8(10)11/h4-6,12H,1-3H3. The summed E-state index contributed by atoms with van der Waals surface area (Å²) in [6.45, 7) is 6.18. The molecule has 1 rings (SSSR count). The van der Waals surface area contributed by atoms with E-state index in [9.17, 15) is 5.11 Å². The molecule has 12 heavy (non-hydrogen) atoms. The molecule has 0 saturated carbocycles. The van der Waals surface area contributed by atoms with Gasteiger partial charge in [0.05, 0.1) is 0 Å². The molecule has 0 aromatic heterocycles. The average Bonchev–Trinajstić information content (AvgIpc) is 1.97. The second-order valence-electron chi connectivity index (χ2n) is 3.26. The molecule has 0 heterocycles. The zero-order valence-electron chi connectivity index (χ0n) is 7.56. The third-order valence-corrected chi connectivity index (χ3v) is 2.70. The van der Waals surface area contributed by atoms with Crippen LogP contribution in [0.3, 0.4) is 0 Å². The molecule has 0 bridgehead atoms. The summed E-state index contributed by atoms with van der Waals surface area (Å²) in [6.07, 6.45) is 0. The van der Waals surface area contributed by atoms with Gasteiger partial charge in [-0.05, 0) is 36.1 Å². The summed E-state index contributed by atoms with van der Waals surface area (Å²) in [5, 5.41) is 9.45. The minimum atomic E-state index is 0.377. The van der Waals surface area contributed by atoms with Crippen LogP contribution in [-0.4, -0.2) is 5.11 Å². The molecule has 0 aliphatic heterocycles. The first-order valence-electron chi connectivity index (χ1n) is 4.02. The molecule has 1 N–H and O–H groups in total. The molecule has 0 amide bonds. The minimum absolute atomic E-state index is 0.377. The van der Waals surface area contributed by atoms with Crippen LogP contribution in [0.2, 0.25) is 0 Å². The van der Waals surface area contributed by atoms with Gasteiger partial charge in [-0.2, -0.15) is 0 Å². The van der Waals surface area contributed by atoms with E-state index >= 15 is 0 Å². The Morgan fingerprint density at radius 2 is 1.92 bits per heavy atom. The largest absolute Gasteiger partial charge is 0.508 e. The van der Waals surface area contributed by atoms with Crippen LogP contribution < -0.4 is 0 Å². The Hall–Kier alpha value is -0.500. The zero-order chi connectivity index (χ0) is 9.30. The maximum absolute atomic E-state index is 9.45. The average molecular weight is 229 g/mol. The predicted octanol–water partition coefficient (Wildman–Crippen LogP) is 3.59. The van der Waals surface area contributed by atoms with Gasteiger partial charge in [0.15, 0.2) is 0 Å². The Kier molecular flexibility index (Phi) is 2.78. The van der Waals surface area contributed by atoms with Crippen LogP contribution >= 0.6 is 15.9 Å². The van der Waals surface area contributed by atoms with E-state index in [0.29, 0.717) is 11.7 Å². The van der Waals surface area contributed by atoms with Gasteiger partial charge in [-0.1, -0.05) is 29.8 Å². The topological polar surface area (TPSA) is 20.2 Å². The van der Waals surface area contributed by atoms with E-state index in [-0.39, 0.29) is 0 Å². The van der Waals surface area contributed by atoms with E-state index in [2.05, 4.69) is 29.8 Å². The summed E-state index contributed by atoms with van der Waals surface area (Å²) in [7, 11) is 0. The van der Waals surface area contributed by atoms with Gasteiger partial charge in [0.25, 0.3) is 0 Å². The quantitative estimate of drug-likeness (QED) is 0.780. The van der Waals surface area contributed by atoms with Gasteiger partial charge in [0.2, 0.25) is 0 Å². The van der Waals surface area contributed by atoms with Crippen molar-refractivity contribution in [2.75, 3.05) is 0 Å². The Labute approximate surface area is 81.6 Å². The first kappa shape index (κ1) is 9.59. The maximum atomic E-state index is 9.45. The highest BCUT2D eigenvalue weighted by atomic mass is 79.9. The summed E-state index contributed by atoms with van der Waals surface area (Å²) >= 11 is 3.47. The van der Waals surface area contributed by atoms with Crippen molar-refractivity contribution in [1.82, 2.24) is 0 Å². The van der Waals surface area contributed by atoms with Gasteiger partial charge < -0.3 is 5.11 Å². The van der Waals surface area contributed by atoms with E-state index in [1.54, 1.807) is 6.07 Å². The first-order valence-corrected chi connectivity index (χ1v) is 4.81. The molecule has 1 aromatic rings. The lowest BCUT2D eigenvalue weighted by molar-refractivity contribution is 0.469. The molecule has 0 atom stereocenters. The number of phenols is 1. The van der Waals surface area contributed by atoms with Crippen LogP contribution in [0, 0.1) is 6.92 Å². The second-order valence-corrected chi connectivity index (χ2v) is 4.11. The molecular weight excluding hydrogens is 216 g/mol. The Morgan fingerprint density at radius 3 is 2.33 bits per heavy atom. The van der Waals surface area contributed by atoms with E-state index in [1.165, 1.54) is 5.56 Å². The molecule has 0 radical (unpaired) electrons.